The van der Waals surface area contributed by atoms with Gasteiger partial charge in [0.05, 0.1) is 36.6 Å². The molecule has 0 aliphatic carbocycles. The van der Waals surface area contributed by atoms with Gasteiger partial charge >= 0.3 is 0 Å². The summed E-state index contributed by atoms with van der Waals surface area (Å²) in [5.41, 5.74) is 0.0318. The summed E-state index contributed by atoms with van der Waals surface area (Å²) in [6.07, 6.45) is 6.90. The number of rotatable bonds is 2. The molecule has 0 aromatic carbocycles. The van der Waals surface area contributed by atoms with Crippen LogP contribution in [0.2, 0.25) is 0 Å². The van der Waals surface area contributed by atoms with Crippen LogP contribution in [0.25, 0.3) is 0 Å². The zero-order valence-electron chi connectivity index (χ0n) is 12.8. The van der Waals surface area contributed by atoms with Gasteiger partial charge in [0.2, 0.25) is 0 Å². The Morgan fingerprint density at radius 3 is 2.57 bits per heavy atom. The quantitative estimate of drug-likeness (QED) is 0.831. The largest absolute Gasteiger partial charge is 0.378 e. The van der Waals surface area contributed by atoms with E-state index in [1.54, 1.807) is 0 Å². The maximum atomic E-state index is 6.39. The van der Waals surface area contributed by atoms with Crippen LogP contribution in [0.15, 0.2) is 0 Å². The standard InChI is InChI=1S/C16H27NO4/c1-7-19-16(4-8-18-12-16)9-13(1)21-14-10-15(20-11-14)2-5-17-6-3-15/h13-14,17H,1-12H2. The summed E-state index contributed by atoms with van der Waals surface area (Å²) in [5, 5.41) is 3.41. The van der Waals surface area contributed by atoms with Crippen LogP contribution < -0.4 is 5.32 Å². The van der Waals surface area contributed by atoms with Gasteiger partial charge in [0.1, 0.15) is 0 Å². The van der Waals surface area contributed by atoms with Crippen molar-refractivity contribution in [1.29, 1.82) is 0 Å². The van der Waals surface area contributed by atoms with E-state index in [9.17, 15) is 0 Å². The van der Waals surface area contributed by atoms with Crippen LogP contribution >= 0.6 is 0 Å². The van der Waals surface area contributed by atoms with Crippen molar-refractivity contribution in [2.24, 2.45) is 0 Å². The van der Waals surface area contributed by atoms with Gasteiger partial charge in [-0.25, -0.2) is 0 Å². The predicted octanol–water partition coefficient (Wildman–Crippen LogP) is 1.25. The molecule has 4 heterocycles. The molecule has 4 fully saturated rings. The molecule has 3 unspecified atom stereocenters. The summed E-state index contributed by atoms with van der Waals surface area (Å²) >= 11 is 0. The van der Waals surface area contributed by atoms with Gasteiger partial charge in [0.15, 0.2) is 0 Å². The van der Waals surface area contributed by atoms with Gasteiger partial charge in [0, 0.05) is 32.5 Å². The second-order valence-electron chi connectivity index (χ2n) is 7.16. The zero-order chi connectivity index (χ0) is 14.2. The molecular weight excluding hydrogens is 270 g/mol. The van der Waals surface area contributed by atoms with E-state index in [0.29, 0.717) is 6.10 Å². The molecule has 120 valence electrons. The lowest BCUT2D eigenvalue weighted by Gasteiger charge is -2.38. The highest BCUT2D eigenvalue weighted by molar-refractivity contribution is 4.95. The minimum Gasteiger partial charge on any atom is -0.378 e. The summed E-state index contributed by atoms with van der Waals surface area (Å²) in [6.45, 7) is 5.28. The van der Waals surface area contributed by atoms with Crippen molar-refractivity contribution in [1.82, 2.24) is 5.32 Å². The van der Waals surface area contributed by atoms with Gasteiger partial charge in [-0.1, -0.05) is 0 Å². The van der Waals surface area contributed by atoms with E-state index in [-0.39, 0.29) is 17.3 Å². The summed E-state index contributed by atoms with van der Waals surface area (Å²) in [5.74, 6) is 0. The molecule has 3 atom stereocenters. The minimum absolute atomic E-state index is 0.0607. The Morgan fingerprint density at radius 1 is 0.905 bits per heavy atom. The lowest BCUT2D eigenvalue weighted by Crippen LogP contribution is -2.44. The molecule has 1 N–H and O–H groups in total. The van der Waals surface area contributed by atoms with Crippen molar-refractivity contribution < 1.29 is 18.9 Å². The summed E-state index contributed by atoms with van der Waals surface area (Å²) in [7, 11) is 0. The van der Waals surface area contributed by atoms with Crippen LogP contribution in [0, 0.1) is 0 Å². The van der Waals surface area contributed by atoms with Crippen molar-refractivity contribution >= 4 is 0 Å². The van der Waals surface area contributed by atoms with Crippen LogP contribution in [0.4, 0.5) is 0 Å². The van der Waals surface area contributed by atoms with Gasteiger partial charge < -0.3 is 24.3 Å². The fourth-order valence-corrected chi connectivity index (χ4v) is 4.36. The molecule has 5 heteroatoms. The van der Waals surface area contributed by atoms with E-state index in [1.165, 1.54) is 0 Å². The number of hydrogen-bond donors (Lipinski definition) is 1. The predicted molar refractivity (Wildman–Crippen MR) is 77.4 cm³/mol. The van der Waals surface area contributed by atoms with Gasteiger partial charge in [-0.3, -0.25) is 0 Å². The molecule has 4 aliphatic heterocycles. The molecule has 4 aliphatic rings. The van der Waals surface area contributed by atoms with Gasteiger partial charge in [0.25, 0.3) is 0 Å². The summed E-state index contributed by atoms with van der Waals surface area (Å²) in [4.78, 5) is 0. The van der Waals surface area contributed by atoms with E-state index < -0.39 is 0 Å². The van der Waals surface area contributed by atoms with Crippen LogP contribution in [0.1, 0.15) is 38.5 Å². The number of piperidine rings is 1. The average molecular weight is 297 g/mol. The normalized spacial score (nSPS) is 42.9. The first-order valence-corrected chi connectivity index (χ1v) is 8.50. The van der Waals surface area contributed by atoms with Gasteiger partial charge in [-0.05, 0) is 32.4 Å². The highest BCUT2D eigenvalue weighted by Crippen LogP contribution is 2.38. The van der Waals surface area contributed by atoms with Crippen LogP contribution in [0.3, 0.4) is 0 Å². The Hall–Kier alpha value is -0.200. The second kappa shape index (κ2) is 5.78. The number of hydrogen-bond acceptors (Lipinski definition) is 5. The molecule has 4 rings (SSSR count). The van der Waals surface area contributed by atoms with Crippen molar-refractivity contribution in [3.63, 3.8) is 0 Å². The van der Waals surface area contributed by atoms with Gasteiger partial charge in [-0.15, -0.1) is 0 Å². The third-order valence-electron chi connectivity index (χ3n) is 5.59. The topological polar surface area (TPSA) is 49.0 Å². The van der Waals surface area contributed by atoms with E-state index in [4.69, 9.17) is 18.9 Å². The van der Waals surface area contributed by atoms with Crippen LogP contribution in [-0.4, -0.2) is 62.9 Å². The molecule has 21 heavy (non-hydrogen) atoms. The molecule has 0 aromatic rings. The Balaban J connectivity index is 1.32. The van der Waals surface area contributed by atoms with Crippen molar-refractivity contribution in [2.45, 2.75) is 61.9 Å². The lowest BCUT2D eigenvalue weighted by molar-refractivity contribution is -0.146. The Kier molecular flexibility index (Phi) is 3.96. The van der Waals surface area contributed by atoms with Crippen molar-refractivity contribution in [2.75, 3.05) is 39.5 Å². The first kappa shape index (κ1) is 14.4. The number of nitrogens with one attached hydrogen (secondary N) is 1. The van der Waals surface area contributed by atoms with E-state index in [2.05, 4.69) is 5.32 Å². The van der Waals surface area contributed by atoms with E-state index in [1.807, 2.05) is 0 Å². The fourth-order valence-electron chi connectivity index (χ4n) is 4.36. The summed E-state index contributed by atoms with van der Waals surface area (Å²) in [6, 6.07) is 0. The molecule has 4 saturated heterocycles. The van der Waals surface area contributed by atoms with Crippen molar-refractivity contribution in [3.8, 4) is 0 Å². The van der Waals surface area contributed by atoms with Crippen LogP contribution in [0.5, 0.6) is 0 Å². The SMILES string of the molecule is C1CC2(CCN1)CC(OC1CCOC3(CCOC3)C1)CO2. The molecule has 0 radical (unpaired) electrons. The molecule has 0 saturated carbocycles. The highest BCUT2D eigenvalue weighted by atomic mass is 16.6. The third-order valence-corrected chi connectivity index (χ3v) is 5.59. The first-order chi connectivity index (χ1) is 10.3. The van der Waals surface area contributed by atoms with E-state index in [0.717, 1.165) is 78.0 Å². The molecule has 2 spiro atoms. The Labute approximate surface area is 126 Å². The highest BCUT2D eigenvalue weighted by Gasteiger charge is 2.45. The Bertz CT molecular complexity index is 363. The van der Waals surface area contributed by atoms with E-state index >= 15 is 0 Å². The molecule has 0 amide bonds. The Morgan fingerprint density at radius 2 is 1.76 bits per heavy atom. The summed E-state index contributed by atoms with van der Waals surface area (Å²) < 4.78 is 24.0. The average Bonchev–Trinajstić information content (AvgIpc) is 3.09. The maximum Gasteiger partial charge on any atom is 0.0961 e. The third kappa shape index (κ3) is 2.99. The maximum absolute atomic E-state index is 6.39. The first-order valence-electron chi connectivity index (χ1n) is 8.50. The fraction of sp³-hybridized carbons (Fsp3) is 1.00. The second-order valence-corrected chi connectivity index (χ2v) is 7.16. The van der Waals surface area contributed by atoms with Gasteiger partial charge in [-0.2, -0.15) is 0 Å². The smallest absolute Gasteiger partial charge is 0.0961 e. The number of ether oxygens (including phenoxy) is 4. The molecular formula is C16H27NO4. The monoisotopic (exact) mass is 297 g/mol. The zero-order valence-corrected chi connectivity index (χ0v) is 12.8. The van der Waals surface area contributed by atoms with Crippen LogP contribution in [-0.2, 0) is 18.9 Å². The molecule has 0 aromatic heterocycles. The molecule has 0 bridgehead atoms. The van der Waals surface area contributed by atoms with Crippen molar-refractivity contribution in [3.05, 3.63) is 0 Å². The minimum atomic E-state index is -0.0607. The lowest BCUT2D eigenvalue weighted by atomic mass is 9.88. The molecule has 5 nitrogen and oxygen atoms in total.